The van der Waals surface area contributed by atoms with E-state index >= 15 is 0 Å². The predicted octanol–water partition coefficient (Wildman–Crippen LogP) is 2.40. The number of fused-ring (bicyclic) bond motifs is 1. The monoisotopic (exact) mass is 350 g/mol. The number of piperidine rings is 1. The molecule has 0 aliphatic carbocycles. The number of benzene rings is 1. The summed E-state index contributed by atoms with van der Waals surface area (Å²) in [5.41, 5.74) is 1.22. The van der Waals surface area contributed by atoms with Crippen molar-refractivity contribution in [3.8, 4) is 11.5 Å². The van der Waals surface area contributed by atoms with E-state index in [4.69, 9.17) is 14.2 Å². The number of hydrogen-bond donors (Lipinski definition) is 1. The van der Waals surface area contributed by atoms with Gasteiger partial charge in [-0.1, -0.05) is 12.1 Å². The molecule has 1 fully saturated rings. The van der Waals surface area contributed by atoms with Crippen molar-refractivity contribution >= 4 is 17.1 Å². The van der Waals surface area contributed by atoms with E-state index in [-0.39, 0.29) is 12.6 Å². The summed E-state index contributed by atoms with van der Waals surface area (Å²) in [7, 11) is 0. The highest BCUT2D eigenvalue weighted by atomic mass is 16.7. The summed E-state index contributed by atoms with van der Waals surface area (Å²) >= 11 is 0. The summed E-state index contributed by atoms with van der Waals surface area (Å²) in [5.74, 6) is 1.92. The first-order valence-corrected chi connectivity index (χ1v) is 8.77. The van der Waals surface area contributed by atoms with Gasteiger partial charge in [0.15, 0.2) is 22.9 Å². The van der Waals surface area contributed by atoms with Gasteiger partial charge in [-0.3, -0.25) is 9.78 Å². The molecule has 3 aliphatic rings. The minimum Gasteiger partial charge on any atom is -0.476 e. The summed E-state index contributed by atoms with van der Waals surface area (Å²) in [6.07, 6.45) is 3.01. The summed E-state index contributed by atoms with van der Waals surface area (Å²) in [5, 5.41) is 3.30. The van der Waals surface area contributed by atoms with Crippen LogP contribution in [0.3, 0.4) is 0 Å². The van der Waals surface area contributed by atoms with Gasteiger partial charge in [0.1, 0.15) is 5.69 Å². The maximum absolute atomic E-state index is 13.5. The van der Waals surface area contributed by atoms with Crippen LogP contribution in [0.1, 0.15) is 24.1 Å². The molecule has 0 atom stereocenters. The largest absolute Gasteiger partial charge is 0.476 e. The van der Waals surface area contributed by atoms with Crippen molar-refractivity contribution in [2.45, 2.75) is 18.4 Å². The Kier molecular flexibility index (Phi) is 3.46. The van der Waals surface area contributed by atoms with Crippen LogP contribution in [0.25, 0.3) is 11.3 Å². The number of nitrogens with zero attached hydrogens (tertiary/aromatic N) is 1. The van der Waals surface area contributed by atoms with Crippen LogP contribution in [0.15, 0.2) is 42.6 Å². The predicted molar refractivity (Wildman–Crippen MR) is 94.5 cm³/mol. The third-order valence-electron chi connectivity index (χ3n) is 5.14. The third kappa shape index (κ3) is 2.29. The Bertz CT molecular complexity index is 901. The fourth-order valence-corrected chi connectivity index (χ4v) is 3.78. The van der Waals surface area contributed by atoms with Crippen LogP contribution < -0.4 is 14.8 Å². The molecule has 26 heavy (non-hydrogen) atoms. The first-order chi connectivity index (χ1) is 12.8. The average molecular weight is 350 g/mol. The van der Waals surface area contributed by atoms with Gasteiger partial charge < -0.3 is 19.5 Å². The Morgan fingerprint density at radius 1 is 1.04 bits per heavy atom. The van der Waals surface area contributed by atoms with Gasteiger partial charge in [0.05, 0.1) is 5.57 Å². The molecule has 3 aliphatic heterocycles. The Labute approximate surface area is 150 Å². The molecule has 1 N–H and O–H groups in total. The highest BCUT2D eigenvalue weighted by Gasteiger charge is 2.50. The highest BCUT2D eigenvalue weighted by molar-refractivity contribution is 6.32. The summed E-state index contributed by atoms with van der Waals surface area (Å²) < 4.78 is 17.2. The minimum atomic E-state index is -0.802. The topological polar surface area (TPSA) is 69.7 Å². The van der Waals surface area contributed by atoms with Crippen molar-refractivity contribution in [3.63, 3.8) is 0 Å². The molecule has 0 radical (unpaired) electrons. The molecule has 1 aromatic carbocycles. The van der Waals surface area contributed by atoms with Crippen molar-refractivity contribution < 1.29 is 19.0 Å². The quantitative estimate of drug-likeness (QED) is 0.897. The zero-order chi connectivity index (χ0) is 17.6. The van der Waals surface area contributed by atoms with E-state index in [1.807, 2.05) is 36.4 Å². The number of ether oxygens (including phenoxy) is 3. The maximum atomic E-state index is 13.5. The van der Waals surface area contributed by atoms with Gasteiger partial charge >= 0.3 is 0 Å². The van der Waals surface area contributed by atoms with Crippen molar-refractivity contribution in [1.82, 2.24) is 10.3 Å². The molecule has 1 saturated heterocycles. The van der Waals surface area contributed by atoms with E-state index in [0.717, 1.165) is 18.7 Å². The molecule has 132 valence electrons. The summed E-state index contributed by atoms with van der Waals surface area (Å²) in [4.78, 5) is 17.9. The Morgan fingerprint density at radius 3 is 2.69 bits per heavy atom. The summed E-state index contributed by atoms with van der Waals surface area (Å²) in [6, 6.07) is 11.2. The number of pyridine rings is 1. The van der Waals surface area contributed by atoms with Gasteiger partial charge in [-0.25, -0.2) is 0 Å². The van der Waals surface area contributed by atoms with Gasteiger partial charge in [0.25, 0.3) is 0 Å². The molecule has 0 amide bonds. The standard InChI is InChI=1S/C20H18N2O4/c23-19-17(13-4-5-15-16(11-13)25-12-24-15)18(14-3-1-2-8-22-14)26-20(19)6-9-21-10-7-20/h1-5,8,11,21H,6-7,9-10,12H2. The normalized spacial score (nSPS) is 20.5. The number of aromatic nitrogens is 1. The van der Waals surface area contributed by atoms with Crippen LogP contribution in [0.2, 0.25) is 0 Å². The number of ketones is 1. The lowest BCUT2D eigenvalue weighted by atomic mass is 9.84. The van der Waals surface area contributed by atoms with E-state index in [1.54, 1.807) is 6.20 Å². The van der Waals surface area contributed by atoms with Crippen LogP contribution in [0.4, 0.5) is 0 Å². The van der Waals surface area contributed by atoms with E-state index in [1.165, 1.54) is 0 Å². The molecule has 1 aromatic heterocycles. The van der Waals surface area contributed by atoms with E-state index < -0.39 is 5.60 Å². The fourth-order valence-electron chi connectivity index (χ4n) is 3.78. The molecule has 5 rings (SSSR count). The van der Waals surface area contributed by atoms with Crippen molar-refractivity contribution in [2.75, 3.05) is 19.9 Å². The number of carbonyl (C=O) groups excluding carboxylic acids is 1. The second-order valence-electron chi connectivity index (χ2n) is 6.66. The van der Waals surface area contributed by atoms with Gasteiger partial charge in [-0.15, -0.1) is 0 Å². The number of Topliss-reactive ketones (excluding diaryl/α,β-unsaturated/α-hetero) is 1. The maximum Gasteiger partial charge on any atom is 0.231 e. The zero-order valence-electron chi connectivity index (χ0n) is 14.2. The third-order valence-corrected chi connectivity index (χ3v) is 5.14. The van der Waals surface area contributed by atoms with Gasteiger partial charge in [0.2, 0.25) is 12.6 Å². The number of hydrogen-bond acceptors (Lipinski definition) is 6. The summed E-state index contributed by atoms with van der Waals surface area (Å²) in [6.45, 7) is 1.72. The number of carbonyl (C=O) groups is 1. The minimum absolute atomic E-state index is 0.0264. The first kappa shape index (κ1) is 15.4. The lowest BCUT2D eigenvalue weighted by Gasteiger charge is -2.32. The van der Waals surface area contributed by atoms with Crippen molar-refractivity contribution in [2.24, 2.45) is 0 Å². The number of nitrogens with one attached hydrogen (secondary N) is 1. The van der Waals surface area contributed by atoms with Crippen molar-refractivity contribution in [1.29, 1.82) is 0 Å². The van der Waals surface area contributed by atoms with E-state index in [9.17, 15) is 4.79 Å². The molecule has 2 aromatic rings. The highest BCUT2D eigenvalue weighted by Crippen LogP contribution is 2.46. The van der Waals surface area contributed by atoms with E-state index in [2.05, 4.69) is 10.3 Å². The van der Waals surface area contributed by atoms with Crippen LogP contribution in [0, 0.1) is 0 Å². The van der Waals surface area contributed by atoms with E-state index in [0.29, 0.717) is 41.4 Å². The molecule has 6 nitrogen and oxygen atoms in total. The second kappa shape index (κ2) is 5.85. The molecule has 1 spiro atoms. The van der Waals surface area contributed by atoms with Crippen molar-refractivity contribution in [3.05, 3.63) is 53.9 Å². The lowest BCUT2D eigenvalue weighted by Crippen LogP contribution is -2.47. The first-order valence-electron chi connectivity index (χ1n) is 8.77. The molecule has 0 bridgehead atoms. The van der Waals surface area contributed by atoms with Gasteiger partial charge in [-0.2, -0.15) is 0 Å². The molecule has 6 heteroatoms. The molecule has 0 saturated carbocycles. The lowest BCUT2D eigenvalue weighted by molar-refractivity contribution is -0.130. The Morgan fingerprint density at radius 2 is 1.88 bits per heavy atom. The smallest absolute Gasteiger partial charge is 0.231 e. The zero-order valence-corrected chi connectivity index (χ0v) is 14.2. The van der Waals surface area contributed by atoms with Crippen LogP contribution in [-0.4, -0.2) is 36.3 Å². The van der Waals surface area contributed by atoms with Gasteiger partial charge in [0, 0.05) is 19.0 Å². The molecular weight excluding hydrogens is 332 g/mol. The van der Waals surface area contributed by atoms with Crippen LogP contribution >= 0.6 is 0 Å². The SMILES string of the molecule is O=C1C(c2ccc3c(c2)OCO3)=C(c2ccccn2)OC12CCNCC2. The fraction of sp³-hybridized carbons (Fsp3) is 0.300. The average Bonchev–Trinajstić information content (AvgIpc) is 3.26. The molecule has 0 unspecified atom stereocenters. The number of rotatable bonds is 2. The van der Waals surface area contributed by atoms with Crippen LogP contribution in [-0.2, 0) is 9.53 Å². The second-order valence-corrected chi connectivity index (χ2v) is 6.66. The molecular formula is C20H18N2O4. The molecule has 4 heterocycles. The Hall–Kier alpha value is -2.86. The van der Waals surface area contributed by atoms with Gasteiger partial charge in [-0.05, 0) is 42.9 Å². The van der Waals surface area contributed by atoms with Crippen LogP contribution in [0.5, 0.6) is 11.5 Å². The Balaban J connectivity index is 1.65.